The van der Waals surface area contributed by atoms with Gasteiger partial charge in [0.1, 0.15) is 5.75 Å². The number of likely N-dealkylation sites (tertiary alicyclic amines) is 1. The minimum absolute atomic E-state index is 0.0467. The number of nitrogens with zero attached hydrogens (tertiary/aromatic N) is 2. The van der Waals surface area contributed by atoms with Crippen LogP contribution in [-0.2, 0) is 6.54 Å². The van der Waals surface area contributed by atoms with Gasteiger partial charge in [-0.1, -0.05) is 37.3 Å². The van der Waals surface area contributed by atoms with Crippen molar-refractivity contribution in [2.45, 2.75) is 37.9 Å². The van der Waals surface area contributed by atoms with Gasteiger partial charge in [0.15, 0.2) is 0 Å². The third kappa shape index (κ3) is 3.58. The van der Waals surface area contributed by atoms with Crippen LogP contribution in [0, 0.1) is 0 Å². The smallest absolute Gasteiger partial charge is 0.321 e. The molecule has 4 rings (SSSR count). The fourth-order valence-electron chi connectivity index (χ4n) is 4.66. The van der Waals surface area contributed by atoms with Crippen molar-refractivity contribution in [3.8, 4) is 5.75 Å². The number of rotatable bonds is 6. The lowest BCUT2D eigenvalue weighted by Crippen LogP contribution is -2.69. The standard InChI is InChI=1S/C23H29N3O3/c1-3-12-24-23(28)26-14-20-22(18-6-4-5-7-19(18)26)21(15-27)25(20)13-16-8-10-17(29-2)11-9-16/h4-11,20-22,27H,3,12-15H2,1-2H3,(H,24,28)/t20-,21-,22+/m0/s1. The van der Waals surface area contributed by atoms with E-state index < -0.39 is 0 Å². The number of aliphatic hydroxyl groups is 1. The Morgan fingerprint density at radius 1 is 1.21 bits per heavy atom. The highest BCUT2D eigenvalue weighted by atomic mass is 16.5. The number of fused-ring (bicyclic) bond motifs is 3. The number of benzene rings is 2. The van der Waals surface area contributed by atoms with E-state index in [1.165, 1.54) is 5.56 Å². The molecule has 2 N–H and O–H groups in total. The second kappa shape index (κ2) is 8.43. The molecule has 2 heterocycles. The Balaban J connectivity index is 1.59. The van der Waals surface area contributed by atoms with Gasteiger partial charge >= 0.3 is 6.03 Å². The van der Waals surface area contributed by atoms with E-state index in [0.29, 0.717) is 13.1 Å². The molecule has 2 aliphatic rings. The number of urea groups is 1. The van der Waals surface area contributed by atoms with E-state index in [4.69, 9.17) is 4.74 Å². The van der Waals surface area contributed by atoms with E-state index in [-0.39, 0.29) is 30.6 Å². The molecule has 2 aliphatic heterocycles. The summed E-state index contributed by atoms with van der Waals surface area (Å²) in [5, 5.41) is 13.1. The van der Waals surface area contributed by atoms with Crippen LogP contribution in [0.2, 0.25) is 0 Å². The molecule has 0 bridgehead atoms. The van der Waals surface area contributed by atoms with Crippen molar-refractivity contribution in [1.82, 2.24) is 10.2 Å². The molecule has 0 radical (unpaired) electrons. The predicted molar refractivity (Wildman–Crippen MR) is 113 cm³/mol. The summed E-state index contributed by atoms with van der Waals surface area (Å²) in [7, 11) is 1.66. The number of carbonyl (C=O) groups is 1. The van der Waals surface area contributed by atoms with Crippen molar-refractivity contribution < 1.29 is 14.6 Å². The Morgan fingerprint density at radius 2 is 1.97 bits per heavy atom. The molecule has 6 heteroatoms. The van der Waals surface area contributed by atoms with E-state index in [0.717, 1.165) is 30.0 Å². The number of anilines is 1. The minimum atomic E-state index is -0.0467. The number of nitrogens with one attached hydrogen (secondary N) is 1. The molecule has 6 nitrogen and oxygen atoms in total. The molecule has 0 unspecified atom stereocenters. The molecule has 154 valence electrons. The molecule has 0 aliphatic carbocycles. The zero-order valence-electron chi connectivity index (χ0n) is 17.0. The summed E-state index contributed by atoms with van der Waals surface area (Å²) in [6.07, 6.45) is 0.906. The molecule has 1 saturated heterocycles. The molecular weight excluding hydrogens is 366 g/mol. The van der Waals surface area contributed by atoms with Gasteiger partial charge in [-0.15, -0.1) is 0 Å². The SMILES string of the molecule is CCCNC(=O)N1C[C@H]2[C@@H](c3ccccc31)[C@H](CO)N2Cc1ccc(OC)cc1. The van der Waals surface area contributed by atoms with Gasteiger partial charge in [-0.05, 0) is 35.7 Å². The number of amides is 2. The summed E-state index contributed by atoms with van der Waals surface area (Å²) in [6.45, 7) is 4.19. The Kier molecular flexibility index (Phi) is 5.74. The lowest BCUT2D eigenvalue weighted by Gasteiger charge is -2.59. The number of aliphatic hydroxyl groups excluding tert-OH is 1. The van der Waals surface area contributed by atoms with Crippen LogP contribution in [0.25, 0.3) is 0 Å². The van der Waals surface area contributed by atoms with E-state index in [9.17, 15) is 9.90 Å². The summed E-state index contributed by atoms with van der Waals surface area (Å²) in [6, 6.07) is 16.3. The average molecular weight is 396 g/mol. The maximum Gasteiger partial charge on any atom is 0.321 e. The molecule has 2 amide bonds. The molecular formula is C23H29N3O3. The summed E-state index contributed by atoms with van der Waals surface area (Å²) in [5.74, 6) is 1.07. The van der Waals surface area contributed by atoms with Crippen LogP contribution >= 0.6 is 0 Å². The first-order chi connectivity index (χ1) is 14.2. The number of hydrogen-bond donors (Lipinski definition) is 2. The maximum atomic E-state index is 12.8. The molecule has 2 aromatic carbocycles. The summed E-state index contributed by atoms with van der Waals surface area (Å²) >= 11 is 0. The number of hydrogen-bond acceptors (Lipinski definition) is 4. The van der Waals surface area contributed by atoms with Gasteiger partial charge in [-0.2, -0.15) is 0 Å². The lowest BCUT2D eigenvalue weighted by molar-refractivity contribution is -0.0485. The Bertz CT molecular complexity index is 855. The first-order valence-electron chi connectivity index (χ1n) is 10.3. The zero-order valence-corrected chi connectivity index (χ0v) is 17.0. The van der Waals surface area contributed by atoms with Crippen LogP contribution in [0.5, 0.6) is 5.75 Å². The highest BCUT2D eigenvalue weighted by Gasteiger charge is 2.53. The van der Waals surface area contributed by atoms with Crippen molar-refractivity contribution in [1.29, 1.82) is 0 Å². The quantitative estimate of drug-likeness (QED) is 0.789. The fourth-order valence-corrected chi connectivity index (χ4v) is 4.66. The first-order valence-corrected chi connectivity index (χ1v) is 10.3. The largest absolute Gasteiger partial charge is 0.497 e. The van der Waals surface area contributed by atoms with Gasteiger partial charge in [0.05, 0.1) is 13.7 Å². The van der Waals surface area contributed by atoms with Crippen molar-refractivity contribution in [3.63, 3.8) is 0 Å². The summed E-state index contributed by atoms with van der Waals surface area (Å²) < 4.78 is 5.25. The monoisotopic (exact) mass is 395 g/mol. The van der Waals surface area contributed by atoms with Gasteiger partial charge in [0.2, 0.25) is 0 Å². The number of para-hydroxylation sites is 1. The highest BCUT2D eigenvalue weighted by Crippen LogP contribution is 2.48. The number of ether oxygens (including phenoxy) is 1. The van der Waals surface area contributed by atoms with Crippen LogP contribution in [0.15, 0.2) is 48.5 Å². The Hall–Kier alpha value is -2.57. The Morgan fingerprint density at radius 3 is 2.66 bits per heavy atom. The van der Waals surface area contributed by atoms with Crippen LogP contribution in [0.4, 0.5) is 10.5 Å². The average Bonchev–Trinajstić information content (AvgIpc) is 2.76. The van der Waals surface area contributed by atoms with Gasteiger partial charge < -0.3 is 15.2 Å². The van der Waals surface area contributed by atoms with E-state index in [2.05, 4.69) is 35.3 Å². The fraction of sp³-hybridized carbons (Fsp3) is 0.435. The van der Waals surface area contributed by atoms with Crippen molar-refractivity contribution in [2.24, 2.45) is 0 Å². The van der Waals surface area contributed by atoms with Crippen molar-refractivity contribution >= 4 is 11.7 Å². The first kappa shape index (κ1) is 19.7. The molecule has 29 heavy (non-hydrogen) atoms. The van der Waals surface area contributed by atoms with Crippen molar-refractivity contribution in [2.75, 3.05) is 31.7 Å². The second-order valence-electron chi connectivity index (χ2n) is 7.76. The maximum absolute atomic E-state index is 12.8. The zero-order chi connectivity index (χ0) is 20.4. The Labute approximate surface area is 172 Å². The van der Waals surface area contributed by atoms with Gasteiger partial charge in [0, 0.05) is 43.3 Å². The molecule has 0 spiro atoms. The number of carbonyl (C=O) groups excluding carboxylic acids is 1. The van der Waals surface area contributed by atoms with E-state index in [1.54, 1.807) is 7.11 Å². The summed E-state index contributed by atoms with van der Waals surface area (Å²) in [5.41, 5.74) is 3.29. The van der Waals surface area contributed by atoms with E-state index in [1.807, 2.05) is 35.2 Å². The van der Waals surface area contributed by atoms with Gasteiger partial charge in [-0.3, -0.25) is 9.80 Å². The lowest BCUT2D eigenvalue weighted by atomic mass is 9.72. The highest BCUT2D eigenvalue weighted by molar-refractivity contribution is 5.94. The van der Waals surface area contributed by atoms with Crippen LogP contribution in [-0.4, -0.2) is 54.9 Å². The molecule has 2 aromatic rings. The third-order valence-electron chi connectivity index (χ3n) is 6.12. The van der Waals surface area contributed by atoms with E-state index >= 15 is 0 Å². The minimum Gasteiger partial charge on any atom is -0.497 e. The normalized spacial score (nSPS) is 23.0. The topological polar surface area (TPSA) is 65.0 Å². The predicted octanol–water partition coefficient (Wildman–Crippen LogP) is 2.96. The van der Waals surface area contributed by atoms with Gasteiger partial charge in [-0.25, -0.2) is 4.79 Å². The number of methoxy groups -OCH3 is 1. The molecule has 1 fully saturated rings. The van der Waals surface area contributed by atoms with Gasteiger partial charge in [0.25, 0.3) is 0 Å². The van der Waals surface area contributed by atoms with Crippen LogP contribution in [0.3, 0.4) is 0 Å². The second-order valence-corrected chi connectivity index (χ2v) is 7.76. The molecule has 0 saturated carbocycles. The summed E-state index contributed by atoms with van der Waals surface area (Å²) in [4.78, 5) is 17.0. The molecule has 3 atom stereocenters. The van der Waals surface area contributed by atoms with Crippen molar-refractivity contribution in [3.05, 3.63) is 59.7 Å². The molecule has 0 aromatic heterocycles. The van der Waals surface area contributed by atoms with Crippen LogP contribution < -0.4 is 15.0 Å². The third-order valence-corrected chi connectivity index (χ3v) is 6.12. The van der Waals surface area contributed by atoms with Crippen LogP contribution in [0.1, 0.15) is 30.4 Å².